The number of hydrogen-bond donors (Lipinski definition) is 0. The number of methoxy groups -OCH3 is 1. The fourth-order valence-corrected chi connectivity index (χ4v) is 1.49. The van der Waals surface area contributed by atoms with Crippen LogP contribution in [0.2, 0.25) is 0 Å². The number of rotatable bonds is 4. The summed E-state index contributed by atoms with van der Waals surface area (Å²) in [5.41, 5.74) is 0.665. The molecule has 1 aromatic carbocycles. The number of nitrogens with zero attached hydrogens (tertiary/aromatic N) is 1. The Morgan fingerprint density at radius 1 is 1.38 bits per heavy atom. The molecule has 0 unspecified atom stereocenters. The van der Waals surface area contributed by atoms with Crippen LogP contribution in [0.15, 0.2) is 24.3 Å². The van der Waals surface area contributed by atoms with Gasteiger partial charge in [-0.1, -0.05) is 0 Å². The maximum Gasteiger partial charge on any atom is 0.254 e. The zero-order valence-corrected chi connectivity index (χ0v) is 10.1. The number of carbonyl (C=O) groups excluding carboxylic acids is 1. The quantitative estimate of drug-likeness (QED) is 0.779. The molecular formula is C13H18NO2. The Kier molecular flexibility index (Phi) is 4.35. The molecule has 0 spiro atoms. The van der Waals surface area contributed by atoms with E-state index in [1.165, 1.54) is 0 Å². The van der Waals surface area contributed by atoms with E-state index < -0.39 is 0 Å². The van der Waals surface area contributed by atoms with Crippen molar-refractivity contribution in [3.63, 3.8) is 0 Å². The maximum absolute atomic E-state index is 12.1. The van der Waals surface area contributed by atoms with Crippen molar-refractivity contribution in [3.8, 4) is 5.75 Å². The number of carbonyl (C=O) groups is 1. The lowest BCUT2D eigenvalue weighted by molar-refractivity contribution is 0.0727. The van der Waals surface area contributed by atoms with E-state index in [4.69, 9.17) is 4.74 Å². The van der Waals surface area contributed by atoms with Gasteiger partial charge in [-0.3, -0.25) is 4.79 Å². The zero-order chi connectivity index (χ0) is 12.1. The van der Waals surface area contributed by atoms with Gasteiger partial charge in [-0.05, 0) is 45.0 Å². The van der Waals surface area contributed by atoms with Crippen molar-refractivity contribution >= 4 is 5.91 Å². The Morgan fingerprint density at radius 3 is 2.31 bits per heavy atom. The lowest BCUT2D eigenvalue weighted by Gasteiger charge is -2.25. The molecule has 1 amide bonds. The Bertz CT molecular complexity index is 343. The van der Waals surface area contributed by atoms with Gasteiger partial charge in [0.05, 0.1) is 7.11 Å². The first-order valence-corrected chi connectivity index (χ1v) is 5.34. The fourth-order valence-electron chi connectivity index (χ4n) is 1.49. The summed E-state index contributed by atoms with van der Waals surface area (Å²) in [5.74, 6) is 0.759. The third kappa shape index (κ3) is 2.75. The largest absolute Gasteiger partial charge is 0.497 e. The van der Waals surface area contributed by atoms with E-state index in [0.29, 0.717) is 12.1 Å². The minimum absolute atomic E-state index is 0.00709. The van der Waals surface area contributed by atoms with Crippen LogP contribution in [0.5, 0.6) is 5.75 Å². The summed E-state index contributed by atoms with van der Waals surface area (Å²) in [6.45, 7) is 8.20. The monoisotopic (exact) mass is 220 g/mol. The lowest BCUT2D eigenvalue weighted by atomic mass is 10.1. The van der Waals surface area contributed by atoms with Crippen LogP contribution in [0, 0.1) is 6.92 Å². The molecule has 0 fully saturated rings. The topological polar surface area (TPSA) is 29.5 Å². The molecule has 87 valence electrons. The minimum atomic E-state index is 0.00709. The van der Waals surface area contributed by atoms with Gasteiger partial charge in [0.15, 0.2) is 0 Å². The van der Waals surface area contributed by atoms with Crippen molar-refractivity contribution in [3.05, 3.63) is 36.8 Å². The minimum Gasteiger partial charge on any atom is -0.497 e. The van der Waals surface area contributed by atoms with Crippen LogP contribution < -0.4 is 4.74 Å². The third-order valence-corrected chi connectivity index (χ3v) is 2.46. The van der Waals surface area contributed by atoms with Gasteiger partial charge in [-0.25, -0.2) is 0 Å². The Balaban J connectivity index is 2.86. The number of ether oxygens (including phenoxy) is 1. The highest BCUT2D eigenvalue weighted by Crippen LogP contribution is 2.14. The SMILES string of the molecule is [CH2]CN(C(=O)c1ccc(OC)cc1)C(C)C. The molecule has 0 atom stereocenters. The van der Waals surface area contributed by atoms with Crippen molar-refractivity contribution in [1.29, 1.82) is 0 Å². The van der Waals surface area contributed by atoms with Crippen molar-refractivity contribution in [2.24, 2.45) is 0 Å². The summed E-state index contributed by atoms with van der Waals surface area (Å²) in [6, 6.07) is 7.27. The zero-order valence-electron chi connectivity index (χ0n) is 10.1. The molecule has 0 aromatic heterocycles. The summed E-state index contributed by atoms with van der Waals surface area (Å²) in [4.78, 5) is 13.8. The van der Waals surface area contributed by atoms with Crippen LogP contribution in [0.4, 0.5) is 0 Å². The third-order valence-electron chi connectivity index (χ3n) is 2.46. The summed E-state index contributed by atoms with van der Waals surface area (Å²) < 4.78 is 5.05. The maximum atomic E-state index is 12.1. The second-order valence-corrected chi connectivity index (χ2v) is 3.82. The molecule has 0 saturated heterocycles. The number of hydrogen-bond acceptors (Lipinski definition) is 2. The van der Waals surface area contributed by atoms with Gasteiger partial charge in [0.1, 0.15) is 5.75 Å². The van der Waals surface area contributed by atoms with Gasteiger partial charge in [-0.2, -0.15) is 0 Å². The molecule has 1 rings (SSSR count). The molecule has 3 heteroatoms. The first-order chi connectivity index (χ1) is 7.60. The van der Waals surface area contributed by atoms with E-state index >= 15 is 0 Å². The van der Waals surface area contributed by atoms with E-state index in [9.17, 15) is 4.79 Å². The number of amides is 1. The Labute approximate surface area is 97.0 Å². The molecule has 16 heavy (non-hydrogen) atoms. The first kappa shape index (κ1) is 12.6. The van der Waals surface area contributed by atoms with E-state index in [2.05, 4.69) is 6.92 Å². The van der Waals surface area contributed by atoms with Gasteiger partial charge in [0, 0.05) is 18.2 Å². The summed E-state index contributed by atoms with van der Waals surface area (Å²) >= 11 is 0. The van der Waals surface area contributed by atoms with Crippen LogP contribution in [0.1, 0.15) is 24.2 Å². The second kappa shape index (κ2) is 5.54. The number of benzene rings is 1. The van der Waals surface area contributed by atoms with Crippen molar-refractivity contribution < 1.29 is 9.53 Å². The van der Waals surface area contributed by atoms with Crippen LogP contribution in [-0.4, -0.2) is 30.5 Å². The first-order valence-electron chi connectivity index (χ1n) is 5.34. The van der Waals surface area contributed by atoms with Crippen LogP contribution in [-0.2, 0) is 0 Å². The van der Waals surface area contributed by atoms with Crippen LogP contribution in [0.3, 0.4) is 0 Å². The van der Waals surface area contributed by atoms with Gasteiger partial charge in [-0.15, -0.1) is 0 Å². The molecule has 1 radical (unpaired) electrons. The van der Waals surface area contributed by atoms with Gasteiger partial charge in [0.25, 0.3) is 5.91 Å². The highest BCUT2D eigenvalue weighted by Gasteiger charge is 2.16. The molecule has 0 aliphatic heterocycles. The average Bonchev–Trinajstić information content (AvgIpc) is 2.29. The molecule has 3 nitrogen and oxygen atoms in total. The van der Waals surface area contributed by atoms with E-state index in [1.807, 2.05) is 13.8 Å². The highest BCUT2D eigenvalue weighted by atomic mass is 16.5. The van der Waals surface area contributed by atoms with Gasteiger partial charge < -0.3 is 9.64 Å². The van der Waals surface area contributed by atoms with Crippen LogP contribution in [0.25, 0.3) is 0 Å². The van der Waals surface area contributed by atoms with Crippen molar-refractivity contribution in [2.45, 2.75) is 19.9 Å². The normalized spacial score (nSPS) is 10.3. The Hall–Kier alpha value is -1.51. The van der Waals surface area contributed by atoms with E-state index in [1.54, 1.807) is 36.3 Å². The average molecular weight is 220 g/mol. The smallest absolute Gasteiger partial charge is 0.254 e. The predicted molar refractivity (Wildman–Crippen MR) is 64.5 cm³/mol. The van der Waals surface area contributed by atoms with Crippen molar-refractivity contribution in [1.82, 2.24) is 4.90 Å². The van der Waals surface area contributed by atoms with E-state index in [-0.39, 0.29) is 11.9 Å². The summed E-state index contributed by atoms with van der Waals surface area (Å²) in [6.07, 6.45) is 0. The highest BCUT2D eigenvalue weighted by molar-refractivity contribution is 5.94. The standard InChI is InChI=1S/C13H18NO2/c1-5-14(10(2)3)13(15)11-6-8-12(16-4)9-7-11/h6-10H,1,5H2,2-4H3. The van der Waals surface area contributed by atoms with Gasteiger partial charge >= 0.3 is 0 Å². The van der Waals surface area contributed by atoms with Gasteiger partial charge in [0.2, 0.25) is 0 Å². The molecule has 0 N–H and O–H groups in total. The Morgan fingerprint density at radius 2 is 1.94 bits per heavy atom. The molecule has 0 saturated carbocycles. The molecule has 0 aliphatic carbocycles. The summed E-state index contributed by atoms with van der Waals surface area (Å²) in [7, 11) is 1.60. The van der Waals surface area contributed by atoms with Crippen molar-refractivity contribution in [2.75, 3.05) is 13.7 Å². The van der Waals surface area contributed by atoms with E-state index in [0.717, 1.165) is 5.75 Å². The molecule has 0 bridgehead atoms. The van der Waals surface area contributed by atoms with Crippen LogP contribution >= 0.6 is 0 Å². The molecule has 0 heterocycles. The predicted octanol–water partition coefficient (Wildman–Crippen LogP) is 2.38. The summed E-state index contributed by atoms with van der Waals surface area (Å²) in [5, 5.41) is 0. The molecule has 1 aromatic rings. The lowest BCUT2D eigenvalue weighted by Crippen LogP contribution is -2.36. The fraction of sp³-hybridized carbons (Fsp3) is 0.385. The molecular weight excluding hydrogens is 202 g/mol. The molecule has 0 aliphatic rings. The second-order valence-electron chi connectivity index (χ2n) is 3.82.